The van der Waals surface area contributed by atoms with Gasteiger partial charge in [0.05, 0.1) is 5.02 Å². The van der Waals surface area contributed by atoms with Gasteiger partial charge in [-0.25, -0.2) is 0 Å². The van der Waals surface area contributed by atoms with Gasteiger partial charge in [0, 0.05) is 17.6 Å². The monoisotopic (exact) mass is 277 g/mol. The highest BCUT2D eigenvalue weighted by Crippen LogP contribution is 2.27. The lowest BCUT2D eigenvalue weighted by atomic mass is 10.3. The molecule has 96 valence electrons. The van der Waals surface area contributed by atoms with Crippen LogP contribution in [0.25, 0.3) is 0 Å². The van der Waals surface area contributed by atoms with E-state index in [9.17, 15) is 5.11 Å². The highest BCUT2D eigenvalue weighted by Gasteiger charge is 2.08. The van der Waals surface area contributed by atoms with Crippen LogP contribution in [0.4, 0.5) is 0 Å². The van der Waals surface area contributed by atoms with Crippen LogP contribution in [-0.4, -0.2) is 30.4 Å². The first-order valence-corrected chi connectivity index (χ1v) is 6.24. The Kier molecular flexibility index (Phi) is 6.06. The van der Waals surface area contributed by atoms with Crippen molar-refractivity contribution in [3.8, 4) is 5.75 Å². The molecule has 2 N–H and O–H groups in total. The van der Waals surface area contributed by atoms with E-state index in [4.69, 9.17) is 27.9 Å². The van der Waals surface area contributed by atoms with Gasteiger partial charge in [0.1, 0.15) is 18.5 Å². The lowest BCUT2D eigenvalue weighted by Gasteiger charge is -2.15. The molecule has 17 heavy (non-hydrogen) atoms. The van der Waals surface area contributed by atoms with Crippen molar-refractivity contribution in [3.05, 3.63) is 28.2 Å². The average Bonchev–Trinajstić information content (AvgIpc) is 2.25. The van der Waals surface area contributed by atoms with Crippen molar-refractivity contribution in [3.63, 3.8) is 0 Å². The summed E-state index contributed by atoms with van der Waals surface area (Å²) < 4.78 is 5.41. The van der Waals surface area contributed by atoms with Crippen LogP contribution in [-0.2, 0) is 0 Å². The zero-order chi connectivity index (χ0) is 12.8. The van der Waals surface area contributed by atoms with Gasteiger partial charge in [-0.1, -0.05) is 37.0 Å². The van der Waals surface area contributed by atoms with Gasteiger partial charge in [0.2, 0.25) is 0 Å². The van der Waals surface area contributed by atoms with Crippen LogP contribution in [0.3, 0.4) is 0 Å². The summed E-state index contributed by atoms with van der Waals surface area (Å²) in [6.45, 7) is 4.72. The number of ether oxygens (including phenoxy) is 1. The maximum absolute atomic E-state index is 9.65. The summed E-state index contributed by atoms with van der Waals surface area (Å²) >= 11 is 11.7. The van der Waals surface area contributed by atoms with Crippen LogP contribution in [0.5, 0.6) is 5.75 Å². The summed E-state index contributed by atoms with van der Waals surface area (Å²) in [6, 6.07) is 5.33. The van der Waals surface area contributed by atoms with Crippen molar-refractivity contribution in [1.82, 2.24) is 5.32 Å². The Hall–Kier alpha value is -0.480. The van der Waals surface area contributed by atoms with E-state index in [0.29, 0.717) is 28.4 Å². The largest absolute Gasteiger partial charge is 0.489 e. The van der Waals surface area contributed by atoms with Gasteiger partial charge in [-0.15, -0.1) is 0 Å². The Morgan fingerprint density at radius 3 is 2.65 bits per heavy atom. The Bertz CT molecular complexity index is 358. The zero-order valence-electron chi connectivity index (χ0n) is 9.91. The number of benzene rings is 1. The fourth-order valence-electron chi connectivity index (χ4n) is 1.21. The molecule has 5 heteroatoms. The first-order chi connectivity index (χ1) is 7.99. The first kappa shape index (κ1) is 14.6. The minimum atomic E-state index is -0.566. The second-order valence-corrected chi connectivity index (χ2v) is 4.95. The van der Waals surface area contributed by atoms with E-state index in [0.717, 1.165) is 0 Å². The molecule has 1 atom stereocenters. The number of hydrogen-bond donors (Lipinski definition) is 2. The van der Waals surface area contributed by atoms with E-state index >= 15 is 0 Å². The second kappa shape index (κ2) is 7.07. The number of rotatable bonds is 6. The number of nitrogens with one attached hydrogen (secondary N) is 1. The summed E-state index contributed by atoms with van der Waals surface area (Å²) in [5.74, 6) is 0.527. The summed E-state index contributed by atoms with van der Waals surface area (Å²) in [5.41, 5.74) is 0. The molecule has 0 aliphatic heterocycles. The summed E-state index contributed by atoms with van der Waals surface area (Å²) in [6.07, 6.45) is -0.566. The molecule has 0 amide bonds. The summed E-state index contributed by atoms with van der Waals surface area (Å²) in [7, 11) is 0. The van der Waals surface area contributed by atoms with Crippen LogP contribution < -0.4 is 10.1 Å². The molecule has 1 aromatic carbocycles. The quantitative estimate of drug-likeness (QED) is 0.840. The average molecular weight is 278 g/mol. The predicted octanol–water partition coefficient (Wildman–Crippen LogP) is 2.73. The van der Waals surface area contributed by atoms with Gasteiger partial charge >= 0.3 is 0 Å². The fraction of sp³-hybridized carbons (Fsp3) is 0.500. The number of hydrogen-bond acceptors (Lipinski definition) is 3. The molecule has 0 bridgehead atoms. The molecule has 0 fully saturated rings. The van der Waals surface area contributed by atoms with Gasteiger partial charge in [0.25, 0.3) is 0 Å². The first-order valence-electron chi connectivity index (χ1n) is 5.48. The third-order valence-electron chi connectivity index (χ3n) is 2.09. The molecule has 1 rings (SSSR count). The summed E-state index contributed by atoms with van der Waals surface area (Å²) in [4.78, 5) is 0. The third-order valence-corrected chi connectivity index (χ3v) is 2.62. The predicted molar refractivity (Wildman–Crippen MR) is 71.1 cm³/mol. The molecular weight excluding hydrogens is 261 g/mol. The Morgan fingerprint density at radius 2 is 2.06 bits per heavy atom. The number of aliphatic hydroxyl groups excluding tert-OH is 1. The molecule has 1 aromatic rings. The standard InChI is InChI=1S/C12H17Cl2NO2/c1-8(2)15-6-10(16)7-17-12-4-3-9(13)5-11(12)14/h3-5,8,10,15-16H,6-7H2,1-2H3/t10-/m1/s1. The van der Waals surface area contributed by atoms with E-state index in [1.807, 2.05) is 13.8 Å². The molecule has 0 aliphatic carbocycles. The van der Waals surface area contributed by atoms with Crippen LogP contribution in [0.15, 0.2) is 18.2 Å². The zero-order valence-corrected chi connectivity index (χ0v) is 11.4. The van der Waals surface area contributed by atoms with E-state index in [2.05, 4.69) is 5.32 Å². The minimum Gasteiger partial charge on any atom is -0.489 e. The smallest absolute Gasteiger partial charge is 0.138 e. The highest BCUT2D eigenvalue weighted by molar-refractivity contribution is 6.35. The van der Waals surface area contributed by atoms with E-state index in [1.54, 1.807) is 18.2 Å². The lowest BCUT2D eigenvalue weighted by molar-refractivity contribution is 0.105. The second-order valence-electron chi connectivity index (χ2n) is 4.10. The van der Waals surface area contributed by atoms with Crippen molar-refractivity contribution in [2.24, 2.45) is 0 Å². The molecule has 0 saturated heterocycles. The Balaban J connectivity index is 2.39. The van der Waals surface area contributed by atoms with E-state index in [-0.39, 0.29) is 6.61 Å². The SMILES string of the molecule is CC(C)NC[C@@H](O)COc1ccc(Cl)cc1Cl. The van der Waals surface area contributed by atoms with Crippen molar-refractivity contribution < 1.29 is 9.84 Å². The van der Waals surface area contributed by atoms with Crippen molar-refractivity contribution in [1.29, 1.82) is 0 Å². The van der Waals surface area contributed by atoms with E-state index in [1.165, 1.54) is 0 Å². The molecule has 0 unspecified atom stereocenters. The van der Waals surface area contributed by atoms with Gasteiger partial charge in [-0.3, -0.25) is 0 Å². The van der Waals surface area contributed by atoms with Gasteiger partial charge in [0.15, 0.2) is 0 Å². The topological polar surface area (TPSA) is 41.5 Å². The van der Waals surface area contributed by atoms with Crippen molar-refractivity contribution in [2.45, 2.75) is 26.0 Å². The maximum Gasteiger partial charge on any atom is 0.138 e. The van der Waals surface area contributed by atoms with Crippen molar-refractivity contribution >= 4 is 23.2 Å². The molecule has 0 aromatic heterocycles. The van der Waals surface area contributed by atoms with E-state index < -0.39 is 6.10 Å². The van der Waals surface area contributed by atoms with Crippen LogP contribution in [0.2, 0.25) is 10.0 Å². The highest BCUT2D eigenvalue weighted by atomic mass is 35.5. The molecule has 0 heterocycles. The molecule has 0 aliphatic rings. The molecule has 0 spiro atoms. The molecule has 0 saturated carbocycles. The van der Waals surface area contributed by atoms with Crippen LogP contribution in [0.1, 0.15) is 13.8 Å². The number of aliphatic hydroxyl groups is 1. The minimum absolute atomic E-state index is 0.196. The van der Waals surface area contributed by atoms with Gasteiger partial charge < -0.3 is 15.2 Å². The molecule has 3 nitrogen and oxygen atoms in total. The van der Waals surface area contributed by atoms with Crippen molar-refractivity contribution in [2.75, 3.05) is 13.2 Å². The van der Waals surface area contributed by atoms with Crippen LogP contribution >= 0.6 is 23.2 Å². The van der Waals surface area contributed by atoms with Crippen LogP contribution in [0, 0.1) is 0 Å². The fourth-order valence-corrected chi connectivity index (χ4v) is 1.67. The van der Waals surface area contributed by atoms with Gasteiger partial charge in [-0.2, -0.15) is 0 Å². The molecule has 0 radical (unpaired) electrons. The maximum atomic E-state index is 9.65. The Morgan fingerprint density at radius 1 is 1.35 bits per heavy atom. The third kappa shape index (κ3) is 5.59. The van der Waals surface area contributed by atoms with Gasteiger partial charge in [-0.05, 0) is 18.2 Å². The Labute approximate surface area is 112 Å². The molecular formula is C12H17Cl2NO2. The summed E-state index contributed by atoms with van der Waals surface area (Å²) in [5, 5.41) is 13.8. The lowest BCUT2D eigenvalue weighted by Crippen LogP contribution is -2.35. The number of halogens is 2. The normalized spacial score (nSPS) is 12.8.